The van der Waals surface area contributed by atoms with Crippen LogP contribution in [0.3, 0.4) is 0 Å². The summed E-state index contributed by atoms with van der Waals surface area (Å²) in [5, 5.41) is 0. The number of carbonyl (C=O) groups excluding carboxylic acids is 2. The zero-order chi connectivity index (χ0) is 15.1. The molecule has 0 saturated heterocycles. The molecule has 4 heteroatoms. The number of hydrogen-bond acceptors (Lipinski definition) is 4. The molecule has 0 amide bonds. The van der Waals surface area contributed by atoms with Crippen molar-refractivity contribution in [3.05, 3.63) is 0 Å². The molecule has 0 aromatic rings. The molecule has 1 fully saturated rings. The van der Waals surface area contributed by atoms with Crippen molar-refractivity contribution < 1.29 is 19.1 Å². The van der Waals surface area contributed by atoms with Crippen molar-refractivity contribution in [1.29, 1.82) is 0 Å². The average molecular weight is 284 g/mol. The highest BCUT2D eigenvalue weighted by Crippen LogP contribution is 2.40. The predicted octanol–water partition coefficient (Wildman–Crippen LogP) is 3.19. The summed E-state index contributed by atoms with van der Waals surface area (Å²) in [6.07, 6.45) is 3.46. The summed E-state index contributed by atoms with van der Waals surface area (Å²) in [5.74, 6) is 0.358. The second kappa shape index (κ2) is 8.28. The highest BCUT2D eigenvalue weighted by molar-refractivity contribution is 5.80. The second-order valence-electron chi connectivity index (χ2n) is 5.80. The lowest BCUT2D eigenvalue weighted by Crippen LogP contribution is -2.36. The summed E-state index contributed by atoms with van der Waals surface area (Å²) in [7, 11) is 0. The fraction of sp³-hybridized carbons (Fsp3) is 0.875. The fourth-order valence-corrected chi connectivity index (χ4v) is 3.25. The van der Waals surface area contributed by atoms with E-state index in [-0.39, 0.29) is 30.2 Å². The molecular formula is C16H28O4. The fourth-order valence-electron chi connectivity index (χ4n) is 3.25. The maximum atomic E-state index is 12.2. The summed E-state index contributed by atoms with van der Waals surface area (Å²) in [6, 6.07) is 0. The van der Waals surface area contributed by atoms with Crippen molar-refractivity contribution in [3.63, 3.8) is 0 Å². The van der Waals surface area contributed by atoms with Crippen LogP contribution >= 0.6 is 0 Å². The highest BCUT2D eigenvalue weighted by atomic mass is 16.5. The molecule has 0 N–H and O–H groups in total. The number of carbonyl (C=O) groups is 2. The Bertz CT molecular complexity index is 326. The van der Waals surface area contributed by atoms with Gasteiger partial charge in [-0.05, 0) is 38.0 Å². The van der Waals surface area contributed by atoms with Crippen LogP contribution in [0.5, 0.6) is 0 Å². The zero-order valence-corrected chi connectivity index (χ0v) is 13.2. The minimum absolute atomic E-state index is 0.147. The van der Waals surface area contributed by atoms with E-state index < -0.39 is 0 Å². The molecule has 0 aromatic carbocycles. The van der Waals surface area contributed by atoms with Crippen LogP contribution in [0.2, 0.25) is 0 Å². The van der Waals surface area contributed by atoms with E-state index in [1.165, 1.54) is 6.42 Å². The summed E-state index contributed by atoms with van der Waals surface area (Å²) < 4.78 is 10.2. The molecule has 1 saturated carbocycles. The Morgan fingerprint density at radius 3 is 2.35 bits per heavy atom. The summed E-state index contributed by atoms with van der Waals surface area (Å²) in [6.45, 7) is 8.70. The summed E-state index contributed by atoms with van der Waals surface area (Å²) >= 11 is 0. The predicted molar refractivity (Wildman–Crippen MR) is 77.0 cm³/mol. The first-order chi connectivity index (χ1) is 9.51. The summed E-state index contributed by atoms with van der Waals surface area (Å²) in [4.78, 5) is 24.0. The normalized spacial score (nSPS) is 27.7. The SMILES string of the molecule is CCOC(=O)CC(C(=O)OCC)C1CCCC(C)C1C. The van der Waals surface area contributed by atoms with Crippen molar-refractivity contribution in [1.82, 2.24) is 0 Å². The van der Waals surface area contributed by atoms with E-state index >= 15 is 0 Å². The molecule has 4 nitrogen and oxygen atoms in total. The van der Waals surface area contributed by atoms with Gasteiger partial charge < -0.3 is 9.47 Å². The molecule has 4 atom stereocenters. The first kappa shape index (κ1) is 17.0. The Morgan fingerprint density at radius 1 is 1.10 bits per heavy atom. The molecular weight excluding hydrogens is 256 g/mol. The highest BCUT2D eigenvalue weighted by Gasteiger charge is 2.38. The maximum absolute atomic E-state index is 12.2. The Morgan fingerprint density at radius 2 is 1.75 bits per heavy atom. The molecule has 4 unspecified atom stereocenters. The van der Waals surface area contributed by atoms with Gasteiger partial charge in [0.2, 0.25) is 0 Å². The summed E-state index contributed by atoms with van der Waals surface area (Å²) in [5.41, 5.74) is 0. The van der Waals surface area contributed by atoms with E-state index in [4.69, 9.17) is 9.47 Å². The first-order valence-electron chi connectivity index (χ1n) is 7.83. The standard InChI is InChI=1S/C16H28O4/c1-5-19-15(17)10-14(16(18)20-6-2)13-9-7-8-11(3)12(13)4/h11-14H,5-10H2,1-4H3. The number of ether oxygens (including phenoxy) is 2. The van der Waals surface area contributed by atoms with Crippen LogP contribution in [0.25, 0.3) is 0 Å². The van der Waals surface area contributed by atoms with Crippen molar-refractivity contribution in [2.45, 2.75) is 53.4 Å². The Hall–Kier alpha value is -1.06. The third kappa shape index (κ3) is 4.50. The van der Waals surface area contributed by atoms with Crippen molar-refractivity contribution in [2.75, 3.05) is 13.2 Å². The zero-order valence-electron chi connectivity index (χ0n) is 13.2. The van der Waals surface area contributed by atoms with Crippen LogP contribution in [0.15, 0.2) is 0 Å². The van der Waals surface area contributed by atoms with E-state index in [1.807, 2.05) is 0 Å². The van der Waals surface area contributed by atoms with Crippen molar-refractivity contribution in [3.8, 4) is 0 Å². The van der Waals surface area contributed by atoms with Gasteiger partial charge in [-0.3, -0.25) is 9.59 Å². The lowest BCUT2D eigenvalue weighted by Gasteiger charge is -2.37. The topological polar surface area (TPSA) is 52.6 Å². The van der Waals surface area contributed by atoms with Crippen LogP contribution in [0.1, 0.15) is 53.4 Å². The van der Waals surface area contributed by atoms with Crippen LogP contribution in [0, 0.1) is 23.7 Å². The van der Waals surface area contributed by atoms with Gasteiger partial charge in [-0.2, -0.15) is 0 Å². The molecule has 1 aliphatic rings. The molecule has 0 radical (unpaired) electrons. The quantitative estimate of drug-likeness (QED) is 0.703. The number of esters is 2. The Kier molecular flexibility index (Phi) is 7.03. The Balaban J connectivity index is 2.79. The maximum Gasteiger partial charge on any atom is 0.309 e. The molecule has 0 heterocycles. The molecule has 0 aromatic heterocycles. The van der Waals surface area contributed by atoms with Crippen LogP contribution in [0.4, 0.5) is 0 Å². The number of hydrogen-bond donors (Lipinski definition) is 0. The molecule has 1 aliphatic carbocycles. The van der Waals surface area contributed by atoms with Gasteiger partial charge in [0.1, 0.15) is 0 Å². The first-order valence-corrected chi connectivity index (χ1v) is 7.83. The van der Waals surface area contributed by atoms with Crippen LogP contribution in [-0.2, 0) is 19.1 Å². The van der Waals surface area contributed by atoms with Gasteiger partial charge in [0, 0.05) is 0 Å². The van der Waals surface area contributed by atoms with Gasteiger partial charge >= 0.3 is 11.9 Å². The van der Waals surface area contributed by atoms with E-state index in [1.54, 1.807) is 13.8 Å². The van der Waals surface area contributed by atoms with Gasteiger partial charge in [-0.25, -0.2) is 0 Å². The van der Waals surface area contributed by atoms with Gasteiger partial charge in [0.05, 0.1) is 25.6 Å². The van der Waals surface area contributed by atoms with Crippen molar-refractivity contribution in [2.24, 2.45) is 23.7 Å². The molecule has 20 heavy (non-hydrogen) atoms. The van der Waals surface area contributed by atoms with Crippen LogP contribution in [-0.4, -0.2) is 25.2 Å². The smallest absolute Gasteiger partial charge is 0.309 e. The lowest BCUT2D eigenvalue weighted by molar-refractivity contribution is -0.158. The molecule has 1 rings (SSSR count). The van der Waals surface area contributed by atoms with Crippen molar-refractivity contribution >= 4 is 11.9 Å². The average Bonchev–Trinajstić information content (AvgIpc) is 2.40. The number of rotatable bonds is 6. The minimum Gasteiger partial charge on any atom is -0.466 e. The minimum atomic E-state index is -0.355. The third-order valence-corrected chi connectivity index (χ3v) is 4.57. The lowest BCUT2D eigenvalue weighted by atomic mass is 9.68. The van der Waals surface area contributed by atoms with Gasteiger partial charge in [0.15, 0.2) is 0 Å². The molecule has 0 bridgehead atoms. The molecule has 0 aliphatic heterocycles. The molecule has 116 valence electrons. The van der Waals surface area contributed by atoms with E-state index in [0.29, 0.717) is 25.0 Å². The van der Waals surface area contributed by atoms with Gasteiger partial charge in [-0.1, -0.05) is 26.7 Å². The Labute approximate surface area is 122 Å². The third-order valence-electron chi connectivity index (χ3n) is 4.57. The molecule has 0 spiro atoms. The monoisotopic (exact) mass is 284 g/mol. The largest absolute Gasteiger partial charge is 0.466 e. The van der Waals surface area contributed by atoms with Gasteiger partial charge in [-0.15, -0.1) is 0 Å². The second-order valence-corrected chi connectivity index (χ2v) is 5.80. The van der Waals surface area contributed by atoms with E-state index in [0.717, 1.165) is 12.8 Å². The van der Waals surface area contributed by atoms with Crippen LogP contribution < -0.4 is 0 Å². The van der Waals surface area contributed by atoms with E-state index in [2.05, 4.69) is 13.8 Å². The van der Waals surface area contributed by atoms with E-state index in [9.17, 15) is 9.59 Å². The van der Waals surface area contributed by atoms with Gasteiger partial charge in [0.25, 0.3) is 0 Å².